The minimum Gasteiger partial charge on any atom is -0.349 e. The fourth-order valence-electron chi connectivity index (χ4n) is 3.48. The van der Waals surface area contributed by atoms with Gasteiger partial charge in [0.25, 0.3) is 5.92 Å². The Hall–Kier alpha value is -3.24. The van der Waals surface area contributed by atoms with Gasteiger partial charge in [0.05, 0.1) is 29.7 Å². The molecule has 0 saturated carbocycles. The van der Waals surface area contributed by atoms with Gasteiger partial charge in [-0.25, -0.2) is 18.3 Å². The highest BCUT2D eigenvalue weighted by molar-refractivity contribution is 5.96. The summed E-state index contributed by atoms with van der Waals surface area (Å²) in [6.07, 6.45) is -3.41. The number of carbonyl (C=O) groups is 1. The first-order valence-corrected chi connectivity index (χ1v) is 10.3. The third kappa shape index (κ3) is 4.76. The van der Waals surface area contributed by atoms with Crippen LogP contribution < -0.4 is 10.2 Å². The van der Waals surface area contributed by atoms with E-state index in [4.69, 9.17) is 0 Å². The number of imidazole rings is 1. The van der Waals surface area contributed by atoms with E-state index in [1.165, 1.54) is 27.7 Å². The van der Waals surface area contributed by atoms with Crippen molar-refractivity contribution in [2.24, 2.45) is 5.41 Å². The van der Waals surface area contributed by atoms with Crippen LogP contribution >= 0.6 is 0 Å². The smallest absolute Gasteiger partial charge is 0.349 e. The lowest BCUT2D eigenvalue weighted by molar-refractivity contribution is -0.137. The highest BCUT2D eigenvalue weighted by atomic mass is 19.4. The molecule has 0 unspecified atom stereocenters. The summed E-state index contributed by atoms with van der Waals surface area (Å²) in [5.74, 6) is -2.98. The maximum absolute atomic E-state index is 13.5. The quantitative estimate of drug-likeness (QED) is 0.535. The number of benzene rings is 1. The monoisotopic (exact) mass is 467 g/mol. The van der Waals surface area contributed by atoms with Crippen LogP contribution in [0.1, 0.15) is 32.8 Å². The van der Waals surface area contributed by atoms with Gasteiger partial charge in [-0.1, -0.05) is 26.8 Å². The molecule has 1 N–H and O–H groups in total. The van der Waals surface area contributed by atoms with Crippen molar-refractivity contribution in [1.29, 1.82) is 0 Å². The zero-order chi connectivity index (χ0) is 24.2. The summed E-state index contributed by atoms with van der Waals surface area (Å²) < 4.78 is 69.0. The van der Waals surface area contributed by atoms with E-state index >= 15 is 0 Å². The maximum atomic E-state index is 13.5. The van der Waals surface area contributed by atoms with Gasteiger partial charge in [-0.05, 0) is 24.3 Å². The van der Waals surface area contributed by atoms with Crippen molar-refractivity contribution >= 4 is 23.1 Å². The van der Waals surface area contributed by atoms with E-state index in [1.807, 2.05) is 0 Å². The standard InChI is InChI=1S/C22H22F5N5O/c1-20(2,3)19(33)29-15-10-13(4-5-14(15)22(25,26)27)16-11-32-17(28-16)6-7-18(30-32)31-9-8-21(23,24)12-31/h4-7,10-11H,8-9,12H2,1-3H3,(H,29,33). The Kier molecular flexibility index (Phi) is 5.33. The first kappa shape index (κ1) is 22.9. The lowest BCUT2D eigenvalue weighted by atomic mass is 9.95. The number of hydrogen-bond donors (Lipinski definition) is 1. The number of hydrogen-bond acceptors (Lipinski definition) is 4. The third-order valence-electron chi connectivity index (χ3n) is 5.35. The van der Waals surface area contributed by atoms with Crippen LogP contribution in [0.25, 0.3) is 16.9 Å². The fourth-order valence-corrected chi connectivity index (χ4v) is 3.48. The first-order valence-electron chi connectivity index (χ1n) is 10.3. The van der Waals surface area contributed by atoms with Crippen LogP contribution in [0.3, 0.4) is 0 Å². The summed E-state index contributed by atoms with van der Waals surface area (Å²) in [4.78, 5) is 18.2. The van der Waals surface area contributed by atoms with Crippen molar-refractivity contribution in [3.05, 3.63) is 42.1 Å². The minimum absolute atomic E-state index is 0.169. The Balaban J connectivity index is 1.70. The van der Waals surface area contributed by atoms with Gasteiger partial charge in [0.15, 0.2) is 5.65 Å². The summed E-state index contributed by atoms with van der Waals surface area (Å²) in [5.41, 5.74) is -1.17. The average molecular weight is 467 g/mol. The van der Waals surface area contributed by atoms with Crippen molar-refractivity contribution in [2.75, 3.05) is 23.3 Å². The number of amides is 1. The highest BCUT2D eigenvalue weighted by Gasteiger charge is 2.39. The van der Waals surface area contributed by atoms with Gasteiger partial charge in [0.2, 0.25) is 5.91 Å². The Bertz CT molecular complexity index is 1210. The number of aromatic nitrogens is 3. The van der Waals surface area contributed by atoms with Crippen LogP contribution in [0.5, 0.6) is 0 Å². The summed E-state index contributed by atoms with van der Waals surface area (Å²) in [7, 11) is 0. The van der Waals surface area contributed by atoms with E-state index in [0.29, 0.717) is 22.7 Å². The van der Waals surface area contributed by atoms with Crippen LogP contribution in [-0.2, 0) is 11.0 Å². The predicted octanol–water partition coefficient (Wildman–Crippen LogP) is 5.25. The Morgan fingerprint density at radius 1 is 1.12 bits per heavy atom. The molecule has 3 heterocycles. The van der Waals surface area contributed by atoms with Gasteiger partial charge in [0.1, 0.15) is 5.82 Å². The van der Waals surface area contributed by atoms with Crippen LogP contribution in [0, 0.1) is 5.41 Å². The molecule has 1 aliphatic rings. The first-order chi connectivity index (χ1) is 15.2. The van der Waals surface area contributed by atoms with Gasteiger partial charge >= 0.3 is 6.18 Å². The second-order valence-electron chi connectivity index (χ2n) is 9.11. The summed E-state index contributed by atoms with van der Waals surface area (Å²) in [5, 5.41) is 6.69. The van der Waals surface area contributed by atoms with Crippen molar-refractivity contribution in [3.8, 4) is 11.3 Å². The van der Waals surface area contributed by atoms with Crippen molar-refractivity contribution < 1.29 is 26.7 Å². The van der Waals surface area contributed by atoms with Crippen LogP contribution in [0.15, 0.2) is 36.5 Å². The Morgan fingerprint density at radius 2 is 1.85 bits per heavy atom. The topological polar surface area (TPSA) is 62.5 Å². The fraction of sp³-hybridized carbons (Fsp3) is 0.409. The van der Waals surface area contributed by atoms with Crippen LogP contribution in [0.4, 0.5) is 33.5 Å². The second kappa shape index (κ2) is 7.67. The number of rotatable bonds is 3. The van der Waals surface area contributed by atoms with Gasteiger partial charge in [-0.2, -0.15) is 13.2 Å². The molecular formula is C22H22F5N5O. The number of nitrogens with one attached hydrogen (secondary N) is 1. The Morgan fingerprint density at radius 3 is 2.45 bits per heavy atom. The number of nitrogens with zero attached hydrogens (tertiary/aromatic N) is 4. The van der Waals surface area contributed by atoms with Gasteiger partial charge in [-0.3, -0.25) is 4.79 Å². The number of carbonyl (C=O) groups excluding carboxylic acids is 1. The molecule has 0 aliphatic carbocycles. The van der Waals surface area contributed by atoms with Gasteiger partial charge < -0.3 is 10.2 Å². The summed E-state index contributed by atoms with van der Waals surface area (Å²) >= 11 is 0. The van der Waals surface area contributed by atoms with Crippen LogP contribution in [-0.4, -0.2) is 39.5 Å². The molecule has 0 spiro atoms. The van der Waals surface area contributed by atoms with E-state index < -0.39 is 35.5 Å². The lowest BCUT2D eigenvalue weighted by Gasteiger charge is -2.20. The van der Waals surface area contributed by atoms with E-state index in [9.17, 15) is 26.7 Å². The number of alkyl halides is 5. The normalized spacial score (nSPS) is 16.4. The van der Waals surface area contributed by atoms with Crippen molar-refractivity contribution in [1.82, 2.24) is 14.6 Å². The third-order valence-corrected chi connectivity index (χ3v) is 5.35. The molecule has 4 rings (SSSR count). The number of halogens is 5. The molecule has 1 saturated heterocycles. The SMILES string of the molecule is CC(C)(C)C(=O)Nc1cc(-c2cn3nc(N4CCC(F)(F)C4)ccc3n2)ccc1C(F)(F)F. The molecule has 1 aromatic carbocycles. The van der Waals surface area contributed by atoms with E-state index in [1.54, 1.807) is 32.9 Å². The molecule has 0 radical (unpaired) electrons. The average Bonchev–Trinajstić information content (AvgIpc) is 3.28. The molecule has 3 aromatic rings. The largest absolute Gasteiger partial charge is 0.418 e. The van der Waals surface area contributed by atoms with Gasteiger partial charge in [0, 0.05) is 23.9 Å². The highest BCUT2D eigenvalue weighted by Crippen LogP contribution is 2.38. The zero-order valence-corrected chi connectivity index (χ0v) is 18.2. The molecular weight excluding hydrogens is 445 g/mol. The van der Waals surface area contributed by atoms with Crippen molar-refractivity contribution in [2.45, 2.75) is 39.3 Å². The summed E-state index contributed by atoms with van der Waals surface area (Å²) in [6.45, 7) is 4.54. The van der Waals surface area contributed by atoms with Crippen molar-refractivity contribution in [3.63, 3.8) is 0 Å². The lowest BCUT2D eigenvalue weighted by Crippen LogP contribution is -2.28. The molecule has 176 valence electrons. The molecule has 1 fully saturated rings. The van der Waals surface area contributed by atoms with E-state index in [0.717, 1.165) is 6.07 Å². The molecule has 2 aromatic heterocycles. The van der Waals surface area contributed by atoms with Gasteiger partial charge in [-0.15, -0.1) is 5.10 Å². The minimum atomic E-state index is -4.66. The molecule has 6 nitrogen and oxygen atoms in total. The molecule has 0 atom stereocenters. The second-order valence-corrected chi connectivity index (χ2v) is 9.11. The van der Waals surface area contributed by atoms with E-state index in [2.05, 4.69) is 15.4 Å². The predicted molar refractivity (Wildman–Crippen MR) is 113 cm³/mol. The number of anilines is 2. The maximum Gasteiger partial charge on any atom is 0.418 e. The Labute approximate surface area is 186 Å². The van der Waals surface area contributed by atoms with E-state index in [-0.39, 0.29) is 18.7 Å². The van der Waals surface area contributed by atoms with Crippen LogP contribution in [0.2, 0.25) is 0 Å². The molecule has 0 bridgehead atoms. The number of fused-ring (bicyclic) bond motifs is 1. The summed E-state index contributed by atoms with van der Waals surface area (Å²) in [6, 6.07) is 6.56. The molecule has 33 heavy (non-hydrogen) atoms. The zero-order valence-electron chi connectivity index (χ0n) is 18.2. The molecule has 11 heteroatoms. The molecule has 1 amide bonds. The molecule has 1 aliphatic heterocycles.